The summed E-state index contributed by atoms with van der Waals surface area (Å²) in [4.78, 5) is 4.23. The molecule has 2 heterocycles. The third-order valence-corrected chi connectivity index (χ3v) is 3.25. The van der Waals surface area contributed by atoms with Gasteiger partial charge in [-0.15, -0.1) is 0 Å². The van der Waals surface area contributed by atoms with Crippen molar-refractivity contribution >= 4 is 0 Å². The van der Waals surface area contributed by atoms with E-state index in [1.165, 1.54) is 12.1 Å². The quantitative estimate of drug-likeness (QED) is 0.845. The number of nitrogens with two attached hydrogens (primary N) is 1. The highest BCUT2D eigenvalue weighted by molar-refractivity contribution is 5.06. The van der Waals surface area contributed by atoms with E-state index >= 15 is 0 Å². The molecule has 0 aromatic carbocycles. The van der Waals surface area contributed by atoms with E-state index in [0.717, 1.165) is 26.0 Å². The molecule has 0 amide bonds. The monoisotopic (exact) mass is 223 g/mol. The number of nitrogens with zero attached hydrogens (tertiary/aromatic N) is 2. The fraction of sp³-hybridized carbons (Fsp3) is 0.750. The lowest BCUT2D eigenvalue weighted by Gasteiger charge is -2.31. The molecule has 1 fully saturated rings. The SMILES string of the molecule is CCCn1cncc1C1OCCCC1CN. The van der Waals surface area contributed by atoms with E-state index < -0.39 is 0 Å². The Morgan fingerprint density at radius 1 is 1.62 bits per heavy atom. The molecule has 0 saturated carbocycles. The van der Waals surface area contributed by atoms with E-state index in [-0.39, 0.29) is 6.10 Å². The van der Waals surface area contributed by atoms with Crippen LogP contribution in [0.4, 0.5) is 0 Å². The average Bonchev–Trinajstić information content (AvgIpc) is 2.77. The summed E-state index contributed by atoms with van der Waals surface area (Å²) in [6.07, 6.45) is 7.37. The third kappa shape index (κ3) is 2.28. The van der Waals surface area contributed by atoms with Crippen molar-refractivity contribution < 1.29 is 4.74 Å². The van der Waals surface area contributed by atoms with Gasteiger partial charge in [-0.2, -0.15) is 0 Å². The minimum absolute atomic E-state index is 0.146. The number of hydrogen-bond acceptors (Lipinski definition) is 3. The Hall–Kier alpha value is -0.870. The maximum Gasteiger partial charge on any atom is 0.103 e. The van der Waals surface area contributed by atoms with Crippen LogP contribution in [0, 0.1) is 5.92 Å². The molecule has 0 aliphatic carbocycles. The Bertz CT molecular complexity index is 324. The molecule has 4 heteroatoms. The summed E-state index contributed by atoms with van der Waals surface area (Å²) in [6, 6.07) is 0. The van der Waals surface area contributed by atoms with Crippen molar-refractivity contribution in [2.45, 2.75) is 38.8 Å². The van der Waals surface area contributed by atoms with Gasteiger partial charge in [0.2, 0.25) is 0 Å². The van der Waals surface area contributed by atoms with Gasteiger partial charge >= 0.3 is 0 Å². The molecule has 16 heavy (non-hydrogen) atoms. The third-order valence-electron chi connectivity index (χ3n) is 3.25. The predicted octanol–water partition coefficient (Wildman–Crippen LogP) is 1.72. The Balaban J connectivity index is 2.16. The highest BCUT2D eigenvalue weighted by Crippen LogP contribution is 2.32. The van der Waals surface area contributed by atoms with E-state index in [1.54, 1.807) is 0 Å². The Morgan fingerprint density at radius 2 is 2.50 bits per heavy atom. The molecule has 1 aliphatic heterocycles. The zero-order valence-corrected chi connectivity index (χ0v) is 9.93. The van der Waals surface area contributed by atoms with Gasteiger partial charge in [-0.25, -0.2) is 4.98 Å². The van der Waals surface area contributed by atoms with Crippen molar-refractivity contribution in [1.82, 2.24) is 9.55 Å². The summed E-state index contributed by atoms with van der Waals surface area (Å²) >= 11 is 0. The summed E-state index contributed by atoms with van der Waals surface area (Å²) in [5, 5.41) is 0. The smallest absolute Gasteiger partial charge is 0.103 e. The fourth-order valence-corrected chi connectivity index (χ4v) is 2.41. The first-order valence-electron chi connectivity index (χ1n) is 6.18. The van der Waals surface area contributed by atoms with Crippen LogP contribution in [0.15, 0.2) is 12.5 Å². The molecule has 2 atom stereocenters. The molecule has 2 unspecified atom stereocenters. The minimum Gasteiger partial charge on any atom is -0.372 e. The van der Waals surface area contributed by atoms with E-state index in [0.29, 0.717) is 12.5 Å². The highest BCUT2D eigenvalue weighted by Gasteiger charge is 2.28. The van der Waals surface area contributed by atoms with Gasteiger partial charge in [0.1, 0.15) is 6.10 Å². The topological polar surface area (TPSA) is 53.1 Å². The van der Waals surface area contributed by atoms with E-state index in [4.69, 9.17) is 10.5 Å². The summed E-state index contributed by atoms with van der Waals surface area (Å²) < 4.78 is 8.07. The zero-order chi connectivity index (χ0) is 11.4. The average molecular weight is 223 g/mol. The van der Waals surface area contributed by atoms with Gasteiger partial charge in [-0.1, -0.05) is 6.92 Å². The van der Waals surface area contributed by atoms with Crippen molar-refractivity contribution in [3.8, 4) is 0 Å². The molecular formula is C12H21N3O. The Morgan fingerprint density at radius 3 is 3.25 bits per heavy atom. The summed E-state index contributed by atoms with van der Waals surface area (Å²) in [6.45, 7) is 4.72. The van der Waals surface area contributed by atoms with E-state index in [9.17, 15) is 0 Å². The van der Waals surface area contributed by atoms with Crippen molar-refractivity contribution in [3.05, 3.63) is 18.2 Å². The lowest BCUT2D eigenvalue weighted by molar-refractivity contribution is -0.0296. The molecule has 0 spiro atoms. The van der Waals surface area contributed by atoms with Crippen molar-refractivity contribution in [2.24, 2.45) is 11.7 Å². The van der Waals surface area contributed by atoms with Crippen molar-refractivity contribution in [1.29, 1.82) is 0 Å². The first kappa shape index (κ1) is 11.6. The number of aromatic nitrogens is 2. The van der Waals surface area contributed by atoms with E-state index in [2.05, 4.69) is 16.5 Å². The molecule has 4 nitrogen and oxygen atoms in total. The number of hydrogen-bond donors (Lipinski definition) is 1. The second-order valence-electron chi connectivity index (χ2n) is 4.44. The number of ether oxygens (including phenoxy) is 1. The molecule has 1 aliphatic rings. The van der Waals surface area contributed by atoms with Crippen molar-refractivity contribution in [2.75, 3.05) is 13.2 Å². The molecule has 0 radical (unpaired) electrons. The van der Waals surface area contributed by atoms with Gasteiger partial charge in [-0.05, 0) is 25.8 Å². The number of aryl methyl sites for hydroxylation is 1. The lowest BCUT2D eigenvalue weighted by atomic mass is 9.92. The summed E-state index contributed by atoms with van der Waals surface area (Å²) in [5.74, 6) is 0.445. The summed E-state index contributed by atoms with van der Waals surface area (Å²) in [7, 11) is 0. The minimum atomic E-state index is 0.146. The van der Waals surface area contributed by atoms with Gasteiger partial charge in [0.25, 0.3) is 0 Å². The Kier molecular flexibility index (Phi) is 3.96. The van der Waals surface area contributed by atoms with Crippen LogP contribution in [0.1, 0.15) is 38.0 Å². The van der Waals surface area contributed by atoms with Gasteiger partial charge < -0.3 is 15.0 Å². The standard InChI is InChI=1S/C12H21N3O/c1-2-5-15-9-14-8-11(15)12-10(7-13)4-3-6-16-12/h8-10,12H,2-7,13H2,1H3. The lowest BCUT2D eigenvalue weighted by Crippen LogP contribution is -2.30. The van der Waals surface area contributed by atoms with Gasteiger partial charge in [0, 0.05) is 19.1 Å². The van der Waals surface area contributed by atoms with Crippen LogP contribution < -0.4 is 5.73 Å². The normalized spacial score (nSPS) is 25.9. The second kappa shape index (κ2) is 5.46. The van der Waals surface area contributed by atoms with Crippen LogP contribution in [0.5, 0.6) is 0 Å². The molecule has 2 rings (SSSR count). The zero-order valence-electron chi connectivity index (χ0n) is 9.93. The highest BCUT2D eigenvalue weighted by atomic mass is 16.5. The second-order valence-corrected chi connectivity index (χ2v) is 4.44. The van der Waals surface area contributed by atoms with Gasteiger partial charge in [-0.3, -0.25) is 0 Å². The first-order chi connectivity index (χ1) is 7.86. The molecular weight excluding hydrogens is 202 g/mol. The maximum absolute atomic E-state index is 5.87. The number of imidazole rings is 1. The van der Waals surface area contributed by atoms with Crippen LogP contribution in [0.2, 0.25) is 0 Å². The van der Waals surface area contributed by atoms with E-state index in [1.807, 2.05) is 12.5 Å². The van der Waals surface area contributed by atoms with Crippen LogP contribution >= 0.6 is 0 Å². The molecule has 2 N–H and O–H groups in total. The van der Waals surface area contributed by atoms with Gasteiger partial charge in [0.05, 0.1) is 18.2 Å². The predicted molar refractivity (Wildman–Crippen MR) is 63.0 cm³/mol. The largest absolute Gasteiger partial charge is 0.372 e. The molecule has 1 aromatic rings. The van der Waals surface area contributed by atoms with Crippen LogP contribution in [0.3, 0.4) is 0 Å². The van der Waals surface area contributed by atoms with Crippen LogP contribution in [-0.2, 0) is 11.3 Å². The molecule has 0 bridgehead atoms. The maximum atomic E-state index is 5.87. The van der Waals surface area contributed by atoms with Crippen molar-refractivity contribution in [3.63, 3.8) is 0 Å². The van der Waals surface area contributed by atoms with Gasteiger partial charge in [0.15, 0.2) is 0 Å². The van der Waals surface area contributed by atoms with Crippen LogP contribution in [0.25, 0.3) is 0 Å². The fourth-order valence-electron chi connectivity index (χ4n) is 2.41. The van der Waals surface area contributed by atoms with Crippen LogP contribution in [-0.4, -0.2) is 22.7 Å². The molecule has 1 aromatic heterocycles. The molecule has 1 saturated heterocycles. The molecule has 90 valence electrons. The number of rotatable bonds is 4. The first-order valence-corrected chi connectivity index (χ1v) is 6.18. The summed E-state index contributed by atoms with van der Waals surface area (Å²) in [5.41, 5.74) is 7.01. The Labute approximate surface area is 96.8 Å².